The summed E-state index contributed by atoms with van der Waals surface area (Å²) in [7, 11) is 0. The van der Waals surface area contributed by atoms with Crippen molar-refractivity contribution >= 4 is 33.1 Å². The molecular weight excluding hydrogens is 272 g/mol. The molecule has 2 rings (SSSR count). The van der Waals surface area contributed by atoms with Crippen LogP contribution in [0.3, 0.4) is 0 Å². The maximum Gasteiger partial charge on any atom is -0.0155 e. The van der Waals surface area contributed by atoms with Crippen LogP contribution in [0.15, 0.2) is 42.5 Å². The van der Waals surface area contributed by atoms with Gasteiger partial charge in [0.25, 0.3) is 0 Å². The third-order valence-electron chi connectivity index (χ3n) is 2.01. The summed E-state index contributed by atoms with van der Waals surface area (Å²) in [5.74, 6) is 0. The Kier molecular flexibility index (Phi) is 4.28. The van der Waals surface area contributed by atoms with Gasteiger partial charge in [-0.3, -0.25) is 0 Å². The molecule has 0 atom stereocenters. The van der Waals surface area contributed by atoms with Crippen LogP contribution in [0.1, 0.15) is 5.56 Å². The summed E-state index contributed by atoms with van der Waals surface area (Å²) in [6.07, 6.45) is 0. The zero-order valence-corrected chi connectivity index (χ0v) is 10.5. The smallest absolute Gasteiger partial charge is 0.0155 e. The minimum atomic E-state index is 1.33. The van der Waals surface area contributed by atoms with Crippen molar-refractivity contribution in [3.8, 4) is 0 Å². The van der Waals surface area contributed by atoms with Crippen molar-refractivity contribution in [3.05, 3.63) is 48.0 Å². The third kappa shape index (κ3) is 2.46. The van der Waals surface area contributed by atoms with E-state index in [9.17, 15) is 0 Å². The fraction of sp³-hybridized carbons (Fsp3) is 0.167. The van der Waals surface area contributed by atoms with Gasteiger partial charge in [0.05, 0.1) is 0 Å². The van der Waals surface area contributed by atoms with E-state index in [4.69, 9.17) is 0 Å². The maximum atomic E-state index is 2.16. The summed E-state index contributed by atoms with van der Waals surface area (Å²) in [6, 6.07) is 14.8. The molecule has 0 N–H and O–H groups in total. The second kappa shape index (κ2) is 5.27. The zero-order chi connectivity index (χ0) is 9.68. The molecule has 13 heavy (non-hydrogen) atoms. The van der Waals surface area contributed by atoms with Gasteiger partial charge in [-0.05, 0) is 23.3 Å². The van der Waals surface area contributed by atoms with E-state index in [-0.39, 0.29) is 0 Å². The molecule has 0 nitrogen and oxygen atoms in total. The molecule has 0 radical (unpaired) electrons. The summed E-state index contributed by atoms with van der Waals surface area (Å²) in [5.41, 5.74) is 1.35. The van der Waals surface area contributed by atoms with Gasteiger partial charge in [-0.15, -0.1) is 0 Å². The summed E-state index contributed by atoms with van der Waals surface area (Å²) in [4.78, 5) is 2.05. The second-order valence-corrected chi connectivity index (χ2v) is 2.80. The third-order valence-corrected chi connectivity index (χ3v) is 2.01. The molecule has 0 bridgehead atoms. The largest absolute Gasteiger partial charge is 0.0616 e. The first-order chi connectivity index (χ1) is 6.38. The number of fused-ring (bicyclic) bond motifs is 1. The van der Waals surface area contributed by atoms with Gasteiger partial charge in [-0.25, -0.2) is 0 Å². The van der Waals surface area contributed by atoms with Crippen molar-refractivity contribution in [2.75, 3.05) is 0 Å². The number of benzene rings is 2. The van der Waals surface area contributed by atoms with Crippen molar-refractivity contribution in [2.24, 2.45) is 0 Å². The number of hydrogen-bond donors (Lipinski definition) is 0. The Hall–Kier alpha value is -0.510. The summed E-state index contributed by atoms with van der Waals surface area (Å²) < 4.78 is 0. The van der Waals surface area contributed by atoms with Gasteiger partial charge >= 0.3 is 27.3 Å². The Labute approximate surface area is 92.9 Å². The molecule has 0 aliphatic heterocycles. The van der Waals surface area contributed by atoms with Crippen LogP contribution in [-0.4, -0.2) is 22.3 Å². The minimum absolute atomic E-state index is 1.33. The van der Waals surface area contributed by atoms with Gasteiger partial charge in [0.15, 0.2) is 0 Å². The predicted molar refractivity (Wildman–Crippen MR) is 61.7 cm³/mol. The number of rotatable bonds is 0. The van der Waals surface area contributed by atoms with Crippen LogP contribution in [0.5, 0.6) is 0 Å². The molecule has 0 unspecified atom stereocenters. The Balaban J connectivity index is 0.000000396. The topological polar surface area (TPSA) is 0 Å². The van der Waals surface area contributed by atoms with E-state index in [0.29, 0.717) is 0 Å². The van der Waals surface area contributed by atoms with Crippen LogP contribution >= 0.6 is 0 Å². The molecule has 0 fully saturated rings. The Bertz CT molecular complexity index is 374. The van der Waals surface area contributed by atoms with Crippen molar-refractivity contribution < 1.29 is 0 Å². The fourth-order valence-corrected chi connectivity index (χ4v) is 1.39. The molecule has 0 aromatic heterocycles. The van der Waals surface area contributed by atoms with Crippen molar-refractivity contribution in [1.29, 1.82) is 0 Å². The van der Waals surface area contributed by atoms with Gasteiger partial charge in [0.1, 0.15) is 0 Å². The normalized spacial score (nSPS) is 9.15. The first-order valence-electron chi connectivity index (χ1n) is 4.27. The zero-order valence-electron chi connectivity index (χ0n) is 7.99. The van der Waals surface area contributed by atoms with Crippen LogP contribution in [0, 0.1) is 6.92 Å². The van der Waals surface area contributed by atoms with E-state index in [1.54, 1.807) is 22.3 Å². The van der Waals surface area contributed by atoms with Crippen molar-refractivity contribution in [3.63, 3.8) is 0 Å². The van der Waals surface area contributed by atoms with Gasteiger partial charge in [-0.2, -0.15) is 0 Å². The Morgan fingerprint density at radius 1 is 0.846 bits per heavy atom. The Morgan fingerprint density at radius 3 is 2.15 bits per heavy atom. The summed E-state index contributed by atoms with van der Waals surface area (Å²) in [5, 5.41) is 2.68. The Morgan fingerprint density at radius 2 is 1.46 bits per heavy atom. The molecule has 0 amide bonds. The van der Waals surface area contributed by atoms with Gasteiger partial charge in [-0.1, -0.05) is 42.5 Å². The van der Waals surface area contributed by atoms with Gasteiger partial charge < -0.3 is 0 Å². The van der Waals surface area contributed by atoms with Crippen LogP contribution in [0.25, 0.3) is 10.8 Å². The van der Waals surface area contributed by atoms with E-state index >= 15 is 0 Å². The summed E-state index contributed by atoms with van der Waals surface area (Å²) >= 11 is 1.75. The van der Waals surface area contributed by atoms with Gasteiger partial charge in [0, 0.05) is 0 Å². The predicted octanol–water partition coefficient (Wildman–Crippen LogP) is 3.08. The van der Waals surface area contributed by atoms with E-state index in [1.807, 2.05) is 0 Å². The van der Waals surface area contributed by atoms with Crippen LogP contribution in [-0.2, 0) is 0 Å². The SMILES string of the molecule is C[TeH].Cc1cccc2ccccc12. The van der Waals surface area contributed by atoms with Crippen LogP contribution in [0.2, 0.25) is 4.97 Å². The fourth-order valence-electron chi connectivity index (χ4n) is 1.39. The van der Waals surface area contributed by atoms with Gasteiger partial charge in [0.2, 0.25) is 0 Å². The standard InChI is InChI=1S/C11H10.CH4Te/c1-9-5-4-7-10-6-2-3-8-11(9)10;1-2/h2-8H,1H3;2H,1H3. The van der Waals surface area contributed by atoms with E-state index in [2.05, 4.69) is 54.4 Å². The molecule has 0 heterocycles. The average Bonchev–Trinajstić information content (AvgIpc) is 2.22. The molecule has 2 aromatic carbocycles. The van der Waals surface area contributed by atoms with E-state index in [1.165, 1.54) is 16.3 Å². The molecule has 0 saturated carbocycles. The molecular formula is C12H14Te. The molecule has 2 aromatic rings. The van der Waals surface area contributed by atoms with Crippen LogP contribution < -0.4 is 0 Å². The van der Waals surface area contributed by atoms with Crippen LogP contribution in [0.4, 0.5) is 0 Å². The van der Waals surface area contributed by atoms with E-state index < -0.39 is 0 Å². The minimum Gasteiger partial charge on any atom is -0.0616 e. The van der Waals surface area contributed by atoms with Crippen molar-refractivity contribution in [1.82, 2.24) is 0 Å². The average molecular weight is 286 g/mol. The number of hydrogen-bond acceptors (Lipinski definition) is 0. The first kappa shape index (κ1) is 10.6. The molecule has 0 aliphatic carbocycles. The second-order valence-electron chi connectivity index (χ2n) is 2.80. The molecule has 0 saturated heterocycles. The summed E-state index contributed by atoms with van der Waals surface area (Å²) in [6.45, 7) is 2.14. The molecule has 1 heteroatoms. The molecule has 0 aliphatic rings. The molecule has 0 spiro atoms. The monoisotopic (exact) mass is 288 g/mol. The first-order valence-corrected chi connectivity index (χ1v) is 6.82. The quantitative estimate of drug-likeness (QED) is 0.653. The van der Waals surface area contributed by atoms with Crippen molar-refractivity contribution in [2.45, 2.75) is 11.9 Å². The van der Waals surface area contributed by atoms with E-state index in [0.717, 1.165) is 0 Å². The molecule has 68 valence electrons. The number of aryl methyl sites for hydroxylation is 1. The maximum absolute atomic E-state index is 2.16.